The molecule has 0 heterocycles. The van der Waals surface area contributed by atoms with Crippen LogP contribution in [-0.2, 0) is 11.3 Å². The molecule has 2 aromatic carbocycles. The van der Waals surface area contributed by atoms with Crippen molar-refractivity contribution in [2.75, 3.05) is 47.6 Å². The van der Waals surface area contributed by atoms with Crippen LogP contribution < -0.4 is 14.2 Å². The fourth-order valence-corrected chi connectivity index (χ4v) is 2.97. The molecule has 2 aromatic rings. The Morgan fingerprint density at radius 1 is 1.04 bits per heavy atom. The molecule has 0 amide bonds. The molecule has 0 saturated heterocycles. The van der Waals surface area contributed by atoms with Crippen molar-refractivity contribution in [2.24, 2.45) is 0 Å². The highest BCUT2D eigenvalue weighted by atomic mass is 35.5. The SMILES string of the molecule is COCCN(Cc1cccc(OC)c1OC)C[C@H](O)COc1ccc(Cl)cc1. The van der Waals surface area contributed by atoms with E-state index in [0.717, 1.165) is 5.56 Å². The lowest BCUT2D eigenvalue weighted by molar-refractivity contribution is 0.0539. The summed E-state index contributed by atoms with van der Waals surface area (Å²) in [4.78, 5) is 2.09. The molecular weight excluding hydrogens is 382 g/mol. The molecule has 0 spiro atoms. The summed E-state index contributed by atoms with van der Waals surface area (Å²) in [6.45, 7) is 2.41. The van der Waals surface area contributed by atoms with Crippen molar-refractivity contribution in [3.63, 3.8) is 0 Å². The standard InChI is InChI=1S/C21H28ClNO5/c1-25-12-11-23(13-16-5-4-6-20(26-2)21(16)27-3)14-18(24)15-28-19-9-7-17(22)8-10-19/h4-10,18,24H,11-15H2,1-3H3/t18-/m0/s1. The summed E-state index contributed by atoms with van der Waals surface area (Å²) in [6.07, 6.45) is -0.663. The first-order chi connectivity index (χ1) is 13.6. The summed E-state index contributed by atoms with van der Waals surface area (Å²) in [5.41, 5.74) is 0.976. The van der Waals surface area contributed by atoms with Gasteiger partial charge < -0.3 is 24.1 Å². The zero-order valence-corrected chi connectivity index (χ0v) is 17.3. The van der Waals surface area contributed by atoms with E-state index in [1.807, 2.05) is 18.2 Å². The summed E-state index contributed by atoms with van der Waals surface area (Å²) in [5, 5.41) is 11.1. The molecule has 7 heteroatoms. The predicted molar refractivity (Wildman–Crippen MR) is 110 cm³/mol. The van der Waals surface area contributed by atoms with Crippen molar-refractivity contribution in [2.45, 2.75) is 12.6 Å². The first kappa shape index (κ1) is 22.3. The van der Waals surface area contributed by atoms with E-state index in [0.29, 0.717) is 48.5 Å². The number of para-hydroxylation sites is 1. The van der Waals surface area contributed by atoms with E-state index in [2.05, 4.69) is 4.90 Å². The molecule has 154 valence electrons. The minimum Gasteiger partial charge on any atom is -0.493 e. The van der Waals surface area contributed by atoms with Gasteiger partial charge in [-0.25, -0.2) is 0 Å². The van der Waals surface area contributed by atoms with Gasteiger partial charge in [0.1, 0.15) is 18.5 Å². The van der Waals surface area contributed by atoms with E-state index >= 15 is 0 Å². The first-order valence-corrected chi connectivity index (χ1v) is 9.42. The van der Waals surface area contributed by atoms with Crippen LogP contribution in [0.1, 0.15) is 5.56 Å². The Hall–Kier alpha value is -1.99. The van der Waals surface area contributed by atoms with Gasteiger partial charge in [0.2, 0.25) is 0 Å². The number of methoxy groups -OCH3 is 3. The lowest BCUT2D eigenvalue weighted by Crippen LogP contribution is -2.37. The third-order valence-corrected chi connectivity index (χ3v) is 4.47. The number of halogens is 1. The second kappa shape index (κ2) is 11.8. The molecule has 0 unspecified atom stereocenters. The zero-order valence-electron chi connectivity index (χ0n) is 16.6. The molecular formula is C21H28ClNO5. The van der Waals surface area contributed by atoms with Crippen LogP contribution in [-0.4, -0.2) is 63.7 Å². The molecule has 0 aliphatic heterocycles. The van der Waals surface area contributed by atoms with Crippen LogP contribution in [0, 0.1) is 0 Å². The number of hydrogen-bond donors (Lipinski definition) is 1. The van der Waals surface area contributed by atoms with Crippen molar-refractivity contribution < 1.29 is 24.1 Å². The Morgan fingerprint density at radius 2 is 1.79 bits per heavy atom. The summed E-state index contributed by atoms with van der Waals surface area (Å²) in [5.74, 6) is 2.04. The van der Waals surface area contributed by atoms with Crippen molar-refractivity contribution in [3.8, 4) is 17.2 Å². The van der Waals surface area contributed by atoms with Gasteiger partial charge in [-0.2, -0.15) is 0 Å². The number of aliphatic hydroxyl groups excluding tert-OH is 1. The molecule has 6 nitrogen and oxygen atoms in total. The predicted octanol–water partition coefficient (Wildman–Crippen LogP) is 3.25. The highest BCUT2D eigenvalue weighted by Gasteiger charge is 2.17. The summed E-state index contributed by atoms with van der Waals surface area (Å²) < 4.78 is 21.7. The largest absolute Gasteiger partial charge is 0.493 e. The van der Waals surface area contributed by atoms with Crippen molar-refractivity contribution in [1.82, 2.24) is 4.90 Å². The summed E-state index contributed by atoms with van der Waals surface area (Å²) >= 11 is 5.87. The molecule has 0 aliphatic rings. The monoisotopic (exact) mass is 409 g/mol. The van der Waals surface area contributed by atoms with Crippen LogP contribution in [0.25, 0.3) is 0 Å². The van der Waals surface area contributed by atoms with Gasteiger partial charge in [0.25, 0.3) is 0 Å². The van der Waals surface area contributed by atoms with Gasteiger partial charge in [0, 0.05) is 37.3 Å². The number of rotatable bonds is 12. The van der Waals surface area contributed by atoms with Crippen LogP contribution in [0.4, 0.5) is 0 Å². The molecule has 0 bridgehead atoms. The van der Waals surface area contributed by atoms with Gasteiger partial charge in [-0.15, -0.1) is 0 Å². The average molecular weight is 410 g/mol. The third kappa shape index (κ3) is 6.87. The Labute approximate surface area is 171 Å². The highest BCUT2D eigenvalue weighted by Crippen LogP contribution is 2.31. The van der Waals surface area contributed by atoms with Crippen molar-refractivity contribution in [1.29, 1.82) is 0 Å². The van der Waals surface area contributed by atoms with E-state index in [4.69, 9.17) is 30.5 Å². The minimum atomic E-state index is -0.663. The molecule has 1 N–H and O–H groups in total. The molecule has 28 heavy (non-hydrogen) atoms. The fraction of sp³-hybridized carbons (Fsp3) is 0.429. The molecule has 0 radical (unpaired) electrons. The minimum absolute atomic E-state index is 0.181. The van der Waals surface area contributed by atoms with E-state index < -0.39 is 6.10 Å². The van der Waals surface area contributed by atoms with Crippen LogP contribution in [0.15, 0.2) is 42.5 Å². The molecule has 2 rings (SSSR count). The maximum absolute atomic E-state index is 10.5. The van der Waals surface area contributed by atoms with Crippen molar-refractivity contribution >= 4 is 11.6 Å². The fourth-order valence-electron chi connectivity index (χ4n) is 2.85. The maximum atomic E-state index is 10.5. The highest BCUT2D eigenvalue weighted by molar-refractivity contribution is 6.30. The summed E-state index contributed by atoms with van der Waals surface area (Å²) in [7, 11) is 4.89. The van der Waals surface area contributed by atoms with Crippen LogP contribution >= 0.6 is 11.6 Å². The normalized spacial score (nSPS) is 12.1. The Balaban J connectivity index is 1.99. The van der Waals surface area contributed by atoms with Gasteiger partial charge >= 0.3 is 0 Å². The first-order valence-electron chi connectivity index (χ1n) is 9.05. The van der Waals surface area contributed by atoms with E-state index in [1.165, 1.54) is 0 Å². The average Bonchev–Trinajstić information content (AvgIpc) is 2.71. The Bertz CT molecular complexity index is 710. The topological polar surface area (TPSA) is 60.4 Å². The number of ether oxygens (including phenoxy) is 4. The molecule has 0 fully saturated rings. The molecule has 1 atom stereocenters. The molecule has 0 aromatic heterocycles. The Kier molecular flexibility index (Phi) is 9.37. The third-order valence-electron chi connectivity index (χ3n) is 4.22. The number of benzene rings is 2. The smallest absolute Gasteiger partial charge is 0.165 e. The van der Waals surface area contributed by atoms with Gasteiger partial charge in [0.15, 0.2) is 11.5 Å². The van der Waals surface area contributed by atoms with E-state index in [1.54, 1.807) is 45.6 Å². The van der Waals surface area contributed by atoms with Gasteiger partial charge in [-0.05, 0) is 30.3 Å². The molecule has 0 aliphatic carbocycles. The van der Waals surface area contributed by atoms with Gasteiger partial charge in [-0.3, -0.25) is 4.90 Å². The maximum Gasteiger partial charge on any atom is 0.165 e. The quantitative estimate of drug-likeness (QED) is 0.580. The summed E-state index contributed by atoms with van der Waals surface area (Å²) in [6, 6.07) is 12.8. The molecule has 0 saturated carbocycles. The van der Waals surface area contributed by atoms with Crippen LogP contribution in [0.2, 0.25) is 5.02 Å². The second-order valence-electron chi connectivity index (χ2n) is 6.30. The lowest BCUT2D eigenvalue weighted by Gasteiger charge is -2.26. The van der Waals surface area contributed by atoms with Crippen molar-refractivity contribution in [3.05, 3.63) is 53.1 Å². The number of hydrogen-bond acceptors (Lipinski definition) is 6. The van der Waals surface area contributed by atoms with Crippen LogP contribution in [0.3, 0.4) is 0 Å². The van der Waals surface area contributed by atoms with Gasteiger partial charge in [-0.1, -0.05) is 23.7 Å². The van der Waals surface area contributed by atoms with E-state index in [-0.39, 0.29) is 6.61 Å². The second-order valence-corrected chi connectivity index (χ2v) is 6.74. The lowest BCUT2D eigenvalue weighted by atomic mass is 10.1. The van der Waals surface area contributed by atoms with E-state index in [9.17, 15) is 5.11 Å². The zero-order chi connectivity index (χ0) is 20.4. The number of aliphatic hydroxyl groups is 1. The van der Waals surface area contributed by atoms with Crippen LogP contribution in [0.5, 0.6) is 17.2 Å². The van der Waals surface area contributed by atoms with Gasteiger partial charge in [0.05, 0.1) is 20.8 Å². The Morgan fingerprint density at radius 3 is 2.43 bits per heavy atom. The number of nitrogens with zero attached hydrogens (tertiary/aromatic N) is 1.